The van der Waals surface area contributed by atoms with Gasteiger partial charge in [-0.3, -0.25) is 9.59 Å². The molecule has 0 aliphatic heterocycles. The first-order valence-corrected chi connectivity index (χ1v) is 9.95. The quantitative estimate of drug-likeness (QED) is 0.357. The third-order valence-corrected chi connectivity index (χ3v) is 4.65. The lowest BCUT2D eigenvalue weighted by atomic mass is 9.96. The van der Waals surface area contributed by atoms with Crippen molar-refractivity contribution in [2.75, 3.05) is 18.5 Å². The fraction of sp³-hybridized carbons (Fsp3) is 0.304. The lowest BCUT2D eigenvalue weighted by Gasteiger charge is -2.13. The molecule has 0 heterocycles. The van der Waals surface area contributed by atoms with Crippen LogP contribution in [0.15, 0.2) is 42.5 Å². The second kappa shape index (κ2) is 12.1. The molecule has 2 aromatic rings. The van der Waals surface area contributed by atoms with E-state index in [0.29, 0.717) is 37.4 Å². The molecule has 0 aliphatic rings. The topological polar surface area (TPSA) is 146 Å². The first-order valence-electron chi connectivity index (χ1n) is 9.95. The van der Waals surface area contributed by atoms with Crippen LogP contribution in [0.25, 0.3) is 0 Å². The Balaban J connectivity index is 1.96. The molecule has 1 amide bonds. The van der Waals surface area contributed by atoms with Crippen LogP contribution in [0.3, 0.4) is 0 Å². The Morgan fingerprint density at radius 1 is 1.09 bits per heavy atom. The van der Waals surface area contributed by atoms with Crippen molar-refractivity contribution in [3.05, 3.63) is 48.0 Å². The zero-order valence-electron chi connectivity index (χ0n) is 17.5. The van der Waals surface area contributed by atoms with Crippen LogP contribution < -0.4 is 14.8 Å². The number of rotatable bonds is 11. The smallest absolute Gasteiger partial charge is 0.394 e. The number of nitrogens with one attached hydrogen (secondary N) is 1. The number of anilines is 1. The van der Waals surface area contributed by atoms with Crippen molar-refractivity contribution in [1.82, 2.24) is 0 Å². The molecule has 1 unspecified atom stereocenters. The van der Waals surface area contributed by atoms with E-state index in [-0.39, 0.29) is 35.3 Å². The molecule has 9 heteroatoms. The normalized spacial score (nSPS) is 11.2. The molecule has 0 aliphatic carbocycles. The summed E-state index contributed by atoms with van der Waals surface area (Å²) in [6.45, 7) is 1.92. The highest BCUT2D eigenvalue weighted by Gasteiger charge is 2.17. The zero-order valence-corrected chi connectivity index (χ0v) is 17.5. The van der Waals surface area contributed by atoms with Gasteiger partial charge in [0.05, 0.1) is 12.3 Å². The number of amides is 1. The van der Waals surface area contributed by atoms with E-state index in [2.05, 4.69) is 5.32 Å². The van der Waals surface area contributed by atoms with Gasteiger partial charge in [0.25, 0.3) is 0 Å². The number of aliphatic hydroxyl groups is 1. The van der Waals surface area contributed by atoms with Crippen molar-refractivity contribution in [3.63, 3.8) is 0 Å². The van der Waals surface area contributed by atoms with Crippen molar-refractivity contribution >= 4 is 23.3 Å². The molecule has 2 aromatic carbocycles. The number of aliphatic carboxylic acids is 1. The lowest BCUT2D eigenvalue weighted by molar-refractivity contribution is -0.147. The number of ether oxygens (including phenoxy) is 2. The number of Topliss-reactive ketones (excluding diaryl/α,β-unsaturated/α-hetero) is 1. The average molecular weight is 440 g/mol. The van der Waals surface area contributed by atoms with Crippen LogP contribution in [0.2, 0.25) is 0 Å². The van der Waals surface area contributed by atoms with E-state index < -0.39 is 11.9 Å². The number of benzene rings is 2. The van der Waals surface area contributed by atoms with Crippen LogP contribution in [0, 0.1) is 17.2 Å². The predicted octanol–water partition coefficient (Wildman–Crippen LogP) is 3.12. The Kier molecular flexibility index (Phi) is 9.20. The standard InChI is InChI=1S/C23H24N2O7/c1-15(27)16(11-12-26)4-3-13-31-17-7-9-18(10-8-17)32-21-6-2-5-20(19(21)14-24)25-22(28)23(29)30/h2,5-10,16,26H,3-4,11-13H2,1H3,(H,25,28)(H,29,30). The summed E-state index contributed by atoms with van der Waals surface area (Å²) in [6.07, 6.45) is 1.76. The summed E-state index contributed by atoms with van der Waals surface area (Å²) in [4.78, 5) is 33.6. The molecule has 0 fully saturated rings. The molecule has 1 atom stereocenters. The Morgan fingerprint density at radius 3 is 2.38 bits per heavy atom. The van der Waals surface area contributed by atoms with Gasteiger partial charge in [-0.05, 0) is 62.6 Å². The van der Waals surface area contributed by atoms with Gasteiger partial charge in [0.2, 0.25) is 0 Å². The molecule has 9 nitrogen and oxygen atoms in total. The van der Waals surface area contributed by atoms with Crippen LogP contribution >= 0.6 is 0 Å². The second-order valence-electron chi connectivity index (χ2n) is 6.93. The Hall–Kier alpha value is -3.90. The first-order chi connectivity index (χ1) is 15.3. The minimum atomic E-state index is -1.67. The first kappa shape index (κ1) is 24.4. The van der Waals surface area contributed by atoms with Gasteiger partial charge in [-0.1, -0.05) is 6.07 Å². The van der Waals surface area contributed by atoms with Crippen molar-refractivity contribution in [2.24, 2.45) is 5.92 Å². The summed E-state index contributed by atoms with van der Waals surface area (Å²) >= 11 is 0. The Morgan fingerprint density at radius 2 is 1.78 bits per heavy atom. The van der Waals surface area contributed by atoms with Crippen LogP contribution in [0.4, 0.5) is 5.69 Å². The number of carboxylic acid groups (broad SMARTS) is 1. The summed E-state index contributed by atoms with van der Waals surface area (Å²) in [5, 5.41) is 29.3. The monoisotopic (exact) mass is 440 g/mol. The second-order valence-corrected chi connectivity index (χ2v) is 6.93. The lowest BCUT2D eigenvalue weighted by Crippen LogP contribution is -2.22. The highest BCUT2D eigenvalue weighted by atomic mass is 16.5. The third kappa shape index (κ3) is 7.11. The van der Waals surface area contributed by atoms with Crippen LogP contribution in [-0.2, 0) is 14.4 Å². The summed E-state index contributed by atoms with van der Waals surface area (Å²) in [5.74, 6) is -1.86. The van der Waals surface area contributed by atoms with E-state index in [4.69, 9.17) is 19.7 Å². The third-order valence-electron chi connectivity index (χ3n) is 4.65. The van der Waals surface area contributed by atoms with Gasteiger partial charge in [-0.15, -0.1) is 0 Å². The largest absolute Gasteiger partial charge is 0.494 e. The van der Waals surface area contributed by atoms with E-state index >= 15 is 0 Å². The highest BCUT2D eigenvalue weighted by Crippen LogP contribution is 2.31. The summed E-state index contributed by atoms with van der Waals surface area (Å²) in [5.41, 5.74) is 0.0211. The van der Waals surface area contributed by atoms with Crippen LogP contribution in [-0.4, -0.2) is 41.1 Å². The molecule has 0 aromatic heterocycles. The maximum Gasteiger partial charge on any atom is 0.394 e. The van der Waals surface area contributed by atoms with Gasteiger partial charge in [-0.25, -0.2) is 4.79 Å². The maximum absolute atomic E-state index is 11.5. The van der Waals surface area contributed by atoms with Crippen molar-refractivity contribution in [3.8, 4) is 23.3 Å². The Labute approximate surface area is 185 Å². The molecule has 0 spiro atoms. The van der Waals surface area contributed by atoms with Gasteiger partial charge in [0.1, 0.15) is 34.7 Å². The average Bonchev–Trinajstić information content (AvgIpc) is 2.77. The minimum absolute atomic E-state index is 0.00895. The number of carboxylic acids is 1. The van der Waals surface area contributed by atoms with Crippen molar-refractivity contribution < 1.29 is 34.1 Å². The van der Waals surface area contributed by atoms with Gasteiger partial charge in [-0.2, -0.15) is 5.26 Å². The fourth-order valence-corrected chi connectivity index (χ4v) is 2.97. The molecule has 0 saturated carbocycles. The number of carbonyl (C=O) groups is 3. The van der Waals surface area contributed by atoms with Crippen molar-refractivity contribution in [2.45, 2.75) is 26.2 Å². The number of ketones is 1. The van der Waals surface area contributed by atoms with E-state index in [0.717, 1.165) is 0 Å². The van der Waals surface area contributed by atoms with E-state index in [9.17, 15) is 19.6 Å². The number of carbonyl (C=O) groups excluding carboxylic acids is 2. The number of nitrogens with zero attached hydrogens (tertiary/aromatic N) is 1. The van der Waals surface area contributed by atoms with Gasteiger partial charge in [0, 0.05) is 12.5 Å². The maximum atomic E-state index is 11.5. The molecular weight excluding hydrogens is 416 g/mol. The summed E-state index contributed by atoms with van der Waals surface area (Å²) in [7, 11) is 0. The SMILES string of the molecule is CC(=O)C(CCO)CCCOc1ccc(Oc2cccc(NC(=O)C(=O)O)c2C#N)cc1. The molecule has 3 N–H and O–H groups in total. The van der Waals surface area contributed by atoms with E-state index in [1.54, 1.807) is 24.3 Å². The molecule has 0 saturated heterocycles. The predicted molar refractivity (Wildman–Crippen MR) is 115 cm³/mol. The Bertz CT molecular complexity index is 996. The van der Waals surface area contributed by atoms with Crippen LogP contribution in [0.1, 0.15) is 31.7 Å². The fourth-order valence-electron chi connectivity index (χ4n) is 2.97. The zero-order chi connectivity index (χ0) is 23.5. The van der Waals surface area contributed by atoms with Crippen LogP contribution in [0.5, 0.6) is 17.2 Å². The summed E-state index contributed by atoms with van der Waals surface area (Å²) < 4.78 is 11.4. The van der Waals surface area contributed by atoms with Crippen molar-refractivity contribution in [1.29, 1.82) is 5.26 Å². The number of nitriles is 1. The number of hydrogen-bond donors (Lipinski definition) is 3. The molecule has 32 heavy (non-hydrogen) atoms. The van der Waals surface area contributed by atoms with E-state index in [1.807, 2.05) is 6.07 Å². The number of aliphatic hydroxyl groups excluding tert-OH is 1. The highest BCUT2D eigenvalue weighted by molar-refractivity contribution is 6.36. The summed E-state index contributed by atoms with van der Waals surface area (Å²) in [6, 6.07) is 13.0. The molecule has 168 valence electrons. The molecular formula is C23H24N2O7. The van der Waals surface area contributed by atoms with Gasteiger partial charge in [0.15, 0.2) is 0 Å². The van der Waals surface area contributed by atoms with E-state index in [1.165, 1.54) is 25.1 Å². The molecule has 2 rings (SSSR count). The molecule has 0 radical (unpaired) electrons. The number of hydrogen-bond acceptors (Lipinski definition) is 7. The van der Waals surface area contributed by atoms with Gasteiger partial charge < -0.3 is 25.0 Å². The van der Waals surface area contributed by atoms with Gasteiger partial charge >= 0.3 is 11.9 Å². The minimum Gasteiger partial charge on any atom is -0.494 e. The molecule has 0 bridgehead atoms.